The van der Waals surface area contributed by atoms with Crippen molar-refractivity contribution in [3.63, 3.8) is 0 Å². The first kappa shape index (κ1) is 19.1. The van der Waals surface area contributed by atoms with Crippen LogP contribution in [-0.2, 0) is 19.1 Å². The number of alkyl carbamates (subject to hydrolysis) is 1. The zero-order valence-corrected chi connectivity index (χ0v) is 13.9. The molecular formula is C16H20N2O6. The van der Waals surface area contributed by atoms with Gasteiger partial charge in [-0.3, -0.25) is 14.9 Å². The lowest BCUT2D eigenvalue weighted by molar-refractivity contribution is -0.156. The van der Waals surface area contributed by atoms with Gasteiger partial charge in [0.2, 0.25) is 0 Å². The molecule has 1 aromatic carbocycles. The minimum atomic E-state index is -1.21. The average molecular weight is 336 g/mol. The molecule has 8 nitrogen and oxygen atoms in total. The van der Waals surface area contributed by atoms with Crippen molar-refractivity contribution in [1.82, 2.24) is 10.6 Å². The Hall–Kier alpha value is -2.90. The number of methoxy groups -OCH3 is 1. The summed E-state index contributed by atoms with van der Waals surface area (Å²) in [7, 11) is 1.10. The van der Waals surface area contributed by atoms with Gasteiger partial charge < -0.3 is 14.8 Å². The van der Waals surface area contributed by atoms with Crippen LogP contribution in [-0.4, -0.2) is 43.1 Å². The summed E-state index contributed by atoms with van der Waals surface area (Å²) >= 11 is 0. The Kier molecular flexibility index (Phi) is 6.91. The van der Waals surface area contributed by atoms with E-state index in [-0.39, 0.29) is 0 Å². The van der Waals surface area contributed by atoms with Crippen LogP contribution >= 0.6 is 0 Å². The van der Waals surface area contributed by atoms with Gasteiger partial charge in [-0.25, -0.2) is 9.59 Å². The maximum Gasteiger partial charge on any atom is 0.413 e. The monoisotopic (exact) mass is 336 g/mol. The lowest BCUT2D eigenvalue weighted by Crippen LogP contribution is -2.44. The van der Waals surface area contributed by atoms with Crippen LogP contribution in [0.5, 0.6) is 0 Å². The van der Waals surface area contributed by atoms with Gasteiger partial charge in [0.15, 0.2) is 6.10 Å². The Morgan fingerprint density at radius 1 is 1.12 bits per heavy atom. The molecule has 2 atom stereocenters. The minimum absolute atomic E-state index is 0.408. The number of imide groups is 1. The van der Waals surface area contributed by atoms with Gasteiger partial charge in [-0.05, 0) is 32.9 Å². The van der Waals surface area contributed by atoms with Gasteiger partial charge in [0.05, 0.1) is 7.11 Å². The highest BCUT2D eigenvalue weighted by Crippen LogP contribution is 2.05. The van der Waals surface area contributed by atoms with Crippen molar-refractivity contribution in [2.75, 3.05) is 7.11 Å². The van der Waals surface area contributed by atoms with Crippen molar-refractivity contribution >= 4 is 23.9 Å². The highest BCUT2D eigenvalue weighted by molar-refractivity contribution is 5.98. The Bertz CT molecular complexity index is 643. The number of amides is 3. The molecule has 0 spiro atoms. The zero-order valence-electron chi connectivity index (χ0n) is 13.9. The van der Waals surface area contributed by atoms with Crippen LogP contribution in [0.1, 0.15) is 29.8 Å². The van der Waals surface area contributed by atoms with Crippen LogP contribution in [0.15, 0.2) is 24.3 Å². The number of esters is 1. The standard InChI is InChI=1S/C16H20N2O6/c1-9-6-5-7-12(8-9)14(20)17-10(2)15(21)24-11(3)13(19)18-16(22)23-4/h5-8,10-11H,1-4H3,(H,17,20)(H,18,19,22)/t10-,11+/m0/s1. The van der Waals surface area contributed by atoms with Crippen molar-refractivity contribution < 1.29 is 28.7 Å². The molecular weight excluding hydrogens is 316 g/mol. The van der Waals surface area contributed by atoms with E-state index in [0.29, 0.717) is 5.56 Å². The topological polar surface area (TPSA) is 111 Å². The molecule has 8 heteroatoms. The summed E-state index contributed by atoms with van der Waals surface area (Å²) in [6.45, 7) is 4.57. The highest BCUT2D eigenvalue weighted by atomic mass is 16.6. The number of nitrogens with one attached hydrogen (secondary N) is 2. The van der Waals surface area contributed by atoms with E-state index in [2.05, 4.69) is 10.1 Å². The number of hydrogen-bond donors (Lipinski definition) is 2. The fourth-order valence-corrected chi connectivity index (χ4v) is 1.71. The van der Waals surface area contributed by atoms with Crippen molar-refractivity contribution in [3.05, 3.63) is 35.4 Å². The molecule has 0 aliphatic heterocycles. The van der Waals surface area contributed by atoms with E-state index < -0.39 is 36.0 Å². The Morgan fingerprint density at radius 2 is 1.79 bits per heavy atom. The molecule has 0 aliphatic rings. The van der Waals surface area contributed by atoms with Gasteiger partial charge in [-0.15, -0.1) is 0 Å². The summed E-state index contributed by atoms with van der Waals surface area (Å²) in [4.78, 5) is 46.5. The summed E-state index contributed by atoms with van der Waals surface area (Å²) in [5.74, 6) is -2.06. The number of hydrogen-bond acceptors (Lipinski definition) is 6. The summed E-state index contributed by atoms with van der Waals surface area (Å²) < 4.78 is 9.17. The van der Waals surface area contributed by atoms with E-state index in [9.17, 15) is 19.2 Å². The van der Waals surface area contributed by atoms with Crippen LogP contribution < -0.4 is 10.6 Å². The second kappa shape index (κ2) is 8.66. The van der Waals surface area contributed by atoms with Crippen LogP contribution in [0.3, 0.4) is 0 Å². The smallest absolute Gasteiger partial charge is 0.413 e. The molecule has 1 aromatic rings. The first-order valence-corrected chi connectivity index (χ1v) is 7.21. The van der Waals surface area contributed by atoms with Crippen LogP contribution in [0, 0.1) is 6.92 Å². The van der Waals surface area contributed by atoms with E-state index in [1.807, 2.05) is 18.3 Å². The number of carbonyl (C=O) groups excluding carboxylic acids is 4. The van der Waals surface area contributed by atoms with E-state index in [1.165, 1.54) is 13.8 Å². The Labute approximate surface area is 139 Å². The lowest BCUT2D eigenvalue weighted by atomic mass is 10.1. The number of benzene rings is 1. The Balaban J connectivity index is 2.56. The molecule has 0 radical (unpaired) electrons. The summed E-state index contributed by atoms with van der Waals surface area (Å²) in [5.41, 5.74) is 1.32. The molecule has 130 valence electrons. The predicted molar refractivity (Wildman–Crippen MR) is 84.2 cm³/mol. The fraction of sp³-hybridized carbons (Fsp3) is 0.375. The quantitative estimate of drug-likeness (QED) is 0.774. The predicted octanol–water partition coefficient (Wildman–Crippen LogP) is 0.928. The molecule has 0 bridgehead atoms. The summed E-state index contributed by atoms with van der Waals surface area (Å²) in [5, 5.41) is 4.36. The number of aryl methyl sites for hydroxylation is 1. The molecule has 3 amide bonds. The lowest BCUT2D eigenvalue weighted by Gasteiger charge is -2.17. The van der Waals surface area contributed by atoms with Gasteiger partial charge in [0, 0.05) is 5.56 Å². The molecule has 2 N–H and O–H groups in total. The molecule has 0 heterocycles. The second-order valence-electron chi connectivity index (χ2n) is 5.12. The van der Waals surface area contributed by atoms with E-state index in [4.69, 9.17) is 4.74 Å². The van der Waals surface area contributed by atoms with Gasteiger partial charge in [-0.2, -0.15) is 0 Å². The number of carbonyl (C=O) groups is 4. The molecule has 0 unspecified atom stereocenters. The minimum Gasteiger partial charge on any atom is -0.453 e. The van der Waals surface area contributed by atoms with Crippen LogP contribution in [0.25, 0.3) is 0 Å². The molecule has 0 saturated heterocycles. The van der Waals surface area contributed by atoms with Crippen LogP contribution in [0.4, 0.5) is 4.79 Å². The largest absolute Gasteiger partial charge is 0.453 e. The number of ether oxygens (including phenoxy) is 2. The zero-order chi connectivity index (χ0) is 18.3. The third-order valence-corrected chi connectivity index (χ3v) is 3.05. The first-order valence-electron chi connectivity index (χ1n) is 7.21. The third-order valence-electron chi connectivity index (χ3n) is 3.05. The molecule has 24 heavy (non-hydrogen) atoms. The van der Waals surface area contributed by atoms with Crippen molar-refractivity contribution in [2.45, 2.75) is 32.9 Å². The fourth-order valence-electron chi connectivity index (χ4n) is 1.71. The summed E-state index contributed by atoms with van der Waals surface area (Å²) in [6.07, 6.45) is -2.17. The SMILES string of the molecule is COC(=O)NC(=O)[C@@H](C)OC(=O)[C@H](C)NC(=O)c1cccc(C)c1. The van der Waals surface area contributed by atoms with Crippen molar-refractivity contribution in [3.8, 4) is 0 Å². The van der Waals surface area contributed by atoms with Gasteiger partial charge >= 0.3 is 12.1 Å². The van der Waals surface area contributed by atoms with Gasteiger partial charge in [-0.1, -0.05) is 17.7 Å². The number of rotatable bonds is 5. The maximum atomic E-state index is 12.1. The van der Waals surface area contributed by atoms with E-state index in [1.54, 1.807) is 18.2 Å². The van der Waals surface area contributed by atoms with Gasteiger partial charge in [0.1, 0.15) is 6.04 Å². The third kappa shape index (κ3) is 5.71. The first-order chi connectivity index (χ1) is 11.2. The van der Waals surface area contributed by atoms with E-state index >= 15 is 0 Å². The maximum absolute atomic E-state index is 12.1. The molecule has 0 fully saturated rings. The van der Waals surface area contributed by atoms with E-state index in [0.717, 1.165) is 12.7 Å². The summed E-state index contributed by atoms with van der Waals surface area (Å²) in [6, 6.07) is 5.90. The molecule has 0 saturated carbocycles. The van der Waals surface area contributed by atoms with Crippen molar-refractivity contribution in [2.24, 2.45) is 0 Å². The van der Waals surface area contributed by atoms with Crippen LogP contribution in [0.2, 0.25) is 0 Å². The average Bonchev–Trinajstić information content (AvgIpc) is 2.54. The molecule has 1 rings (SSSR count). The van der Waals surface area contributed by atoms with Crippen molar-refractivity contribution in [1.29, 1.82) is 0 Å². The Morgan fingerprint density at radius 3 is 2.38 bits per heavy atom. The second-order valence-corrected chi connectivity index (χ2v) is 5.12. The molecule has 0 aliphatic carbocycles. The highest BCUT2D eigenvalue weighted by Gasteiger charge is 2.24. The molecule has 0 aromatic heterocycles. The normalized spacial score (nSPS) is 12.5. The van der Waals surface area contributed by atoms with Gasteiger partial charge in [0.25, 0.3) is 11.8 Å².